The number of fused-ring (bicyclic) bond motifs is 1. The van der Waals surface area contributed by atoms with Gasteiger partial charge in [0.1, 0.15) is 18.4 Å². The molecule has 2 heterocycles. The third kappa shape index (κ3) is 5.07. The summed E-state index contributed by atoms with van der Waals surface area (Å²) in [6.07, 6.45) is -2.06. The number of aliphatic hydroxyl groups is 1. The molecule has 3 aliphatic rings. The zero-order valence-electron chi connectivity index (χ0n) is 18.3. The van der Waals surface area contributed by atoms with Gasteiger partial charge in [-0.15, -0.1) is 0 Å². The van der Waals surface area contributed by atoms with Crippen molar-refractivity contribution in [1.82, 2.24) is 16.0 Å². The van der Waals surface area contributed by atoms with Crippen LogP contribution in [0.2, 0.25) is 0 Å². The average molecular weight is 439 g/mol. The van der Waals surface area contributed by atoms with E-state index in [0.717, 1.165) is 0 Å². The molecular weight excluding hydrogens is 406 g/mol. The van der Waals surface area contributed by atoms with Crippen LogP contribution in [-0.2, 0) is 9.59 Å². The minimum Gasteiger partial charge on any atom is -0.388 e. The highest BCUT2D eigenvalue weighted by Gasteiger charge is 2.44. The smallest absolute Gasteiger partial charge is 0.247 e. The van der Waals surface area contributed by atoms with Crippen molar-refractivity contribution in [3.8, 4) is 6.07 Å². The summed E-state index contributed by atoms with van der Waals surface area (Å²) in [5.41, 5.74) is -0.429. The first kappa shape index (κ1) is 23.6. The van der Waals surface area contributed by atoms with Crippen LogP contribution < -0.4 is 16.0 Å². The second-order valence-electron chi connectivity index (χ2n) is 9.58. The third-order valence-corrected chi connectivity index (χ3v) is 6.92. The standard InChI is InChI=1S/C22H32F2N4O3/c1-11-14(21(30)27-16-6-7-26-17(10-25)19(11)16)9-18(29)28-20(22(2,3)31)13-5-4-12(23)8-15(13)24/h12-13,15-17,19-20,26,31H,4-9H2,1-3H3,(H,27,30)(H,28,29)/t12?,13?,15?,16?,17?,19?,20-/m1/s1. The second-order valence-corrected chi connectivity index (χ2v) is 9.58. The quantitative estimate of drug-likeness (QED) is 0.519. The number of nitrogens with zero attached hydrogens (tertiary/aromatic N) is 1. The van der Waals surface area contributed by atoms with Gasteiger partial charge in [-0.2, -0.15) is 5.26 Å². The van der Waals surface area contributed by atoms with Crippen LogP contribution in [0.3, 0.4) is 0 Å². The predicted octanol–water partition coefficient (Wildman–Crippen LogP) is 1.43. The summed E-state index contributed by atoms with van der Waals surface area (Å²) >= 11 is 0. The lowest BCUT2D eigenvalue weighted by Crippen LogP contribution is -2.59. The Morgan fingerprint density at radius 1 is 1.35 bits per heavy atom. The van der Waals surface area contributed by atoms with Crippen molar-refractivity contribution in [3.63, 3.8) is 0 Å². The van der Waals surface area contributed by atoms with E-state index in [1.54, 1.807) is 6.92 Å². The molecule has 7 nitrogen and oxygen atoms in total. The van der Waals surface area contributed by atoms with E-state index in [4.69, 9.17) is 0 Å². The van der Waals surface area contributed by atoms with E-state index in [9.17, 15) is 28.7 Å². The normalized spacial score (nSPS) is 34.9. The molecule has 0 spiro atoms. The lowest BCUT2D eigenvalue weighted by molar-refractivity contribution is -0.127. The summed E-state index contributed by atoms with van der Waals surface area (Å²) in [5, 5.41) is 28.8. The van der Waals surface area contributed by atoms with Crippen molar-refractivity contribution < 1.29 is 23.5 Å². The van der Waals surface area contributed by atoms with Crippen LogP contribution >= 0.6 is 0 Å². The van der Waals surface area contributed by atoms with Crippen molar-refractivity contribution in [2.45, 2.75) is 88.9 Å². The van der Waals surface area contributed by atoms with Gasteiger partial charge in [0.05, 0.1) is 24.1 Å². The van der Waals surface area contributed by atoms with Crippen molar-refractivity contribution in [3.05, 3.63) is 11.1 Å². The number of carbonyl (C=O) groups excluding carboxylic acids is 2. The molecule has 2 fully saturated rings. The van der Waals surface area contributed by atoms with Gasteiger partial charge in [0, 0.05) is 29.9 Å². The van der Waals surface area contributed by atoms with Crippen molar-refractivity contribution in [2.24, 2.45) is 11.8 Å². The maximum absolute atomic E-state index is 14.6. The number of hydrogen-bond donors (Lipinski definition) is 4. The molecule has 6 unspecified atom stereocenters. The van der Waals surface area contributed by atoms with Crippen LogP contribution in [0.25, 0.3) is 0 Å². The fourth-order valence-corrected chi connectivity index (χ4v) is 5.29. The third-order valence-electron chi connectivity index (χ3n) is 6.92. The lowest BCUT2D eigenvalue weighted by atomic mass is 9.75. The summed E-state index contributed by atoms with van der Waals surface area (Å²) in [6.45, 7) is 5.37. The van der Waals surface area contributed by atoms with Crippen LogP contribution in [-0.4, -0.2) is 59.5 Å². The Kier molecular flexibility index (Phi) is 7.01. The first-order chi connectivity index (χ1) is 14.5. The Hall–Kier alpha value is -2.05. The van der Waals surface area contributed by atoms with Gasteiger partial charge in [0.2, 0.25) is 11.8 Å². The first-order valence-corrected chi connectivity index (χ1v) is 11.0. The Bertz CT molecular complexity index is 789. The van der Waals surface area contributed by atoms with Gasteiger partial charge in [0.25, 0.3) is 0 Å². The molecule has 31 heavy (non-hydrogen) atoms. The Labute approximate surface area is 181 Å². The van der Waals surface area contributed by atoms with E-state index in [-0.39, 0.29) is 43.6 Å². The summed E-state index contributed by atoms with van der Waals surface area (Å²) in [6, 6.07) is 0.703. The van der Waals surface area contributed by atoms with Crippen molar-refractivity contribution in [2.75, 3.05) is 6.54 Å². The summed E-state index contributed by atoms with van der Waals surface area (Å²) in [7, 11) is 0. The van der Waals surface area contributed by atoms with Crippen LogP contribution in [0.4, 0.5) is 8.78 Å². The van der Waals surface area contributed by atoms with E-state index in [1.165, 1.54) is 13.8 Å². The molecule has 7 atom stereocenters. The number of nitriles is 1. The SMILES string of the molecule is CC1=C(CC(=O)N[C@H](C2CCC(F)CC2F)C(C)(C)O)C(=O)NC2CCNC(C#N)C12. The van der Waals surface area contributed by atoms with Gasteiger partial charge in [0.15, 0.2) is 0 Å². The molecule has 0 radical (unpaired) electrons. The zero-order chi connectivity index (χ0) is 22.9. The number of alkyl halides is 2. The van der Waals surface area contributed by atoms with Gasteiger partial charge >= 0.3 is 0 Å². The molecule has 9 heteroatoms. The predicted molar refractivity (Wildman–Crippen MR) is 110 cm³/mol. The van der Waals surface area contributed by atoms with E-state index in [2.05, 4.69) is 22.0 Å². The Morgan fingerprint density at radius 3 is 2.68 bits per heavy atom. The fourth-order valence-electron chi connectivity index (χ4n) is 5.29. The van der Waals surface area contributed by atoms with E-state index < -0.39 is 41.9 Å². The average Bonchev–Trinajstić information content (AvgIpc) is 2.68. The molecular formula is C22H32F2N4O3. The summed E-state index contributed by atoms with van der Waals surface area (Å²) in [4.78, 5) is 25.5. The minimum absolute atomic E-state index is 0.155. The molecule has 2 amide bonds. The molecule has 1 saturated carbocycles. The van der Waals surface area contributed by atoms with Crippen molar-refractivity contribution >= 4 is 11.8 Å². The highest BCUT2D eigenvalue weighted by atomic mass is 19.1. The van der Waals surface area contributed by atoms with Gasteiger partial charge in [-0.25, -0.2) is 8.78 Å². The van der Waals surface area contributed by atoms with Crippen LogP contribution in [0.5, 0.6) is 0 Å². The molecule has 0 aromatic rings. The molecule has 3 rings (SSSR count). The highest BCUT2D eigenvalue weighted by Crippen LogP contribution is 2.35. The zero-order valence-corrected chi connectivity index (χ0v) is 18.3. The summed E-state index contributed by atoms with van der Waals surface area (Å²) < 4.78 is 28.1. The monoisotopic (exact) mass is 438 g/mol. The Morgan fingerprint density at radius 2 is 2.06 bits per heavy atom. The van der Waals surface area contributed by atoms with Crippen molar-refractivity contribution in [1.29, 1.82) is 5.26 Å². The molecule has 0 bridgehead atoms. The largest absolute Gasteiger partial charge is 0.388 e. The maximum Gasteiger partial charge on any atom is 0.247 e. The maximum atomic E-state index is 14.6. The fraction of sp³-hybridized carbons (Fsp3) is 0.773. The first-order valence-electron chi connectivity index (χ1n) is 11.0. The molecule has 2 aliphatic heterocycles. The van der Waals surface area contributed by atoms with E-state index in [1.807, 2.05) is 0 Å². The van der Waals surface area contributed by atoms with Crippen LogP contribution in [0.1, 0.15) is 52.9 Å². The molecule has 1 aliphatic carbocycles. The number of halogens is 2. The van der Waals surface area contributed by atoms with Gasteiger partial charge in [-0.1, -0.05) is 5.57 Å². The number of piperidine rings is 1. The van der Waals surface area contributed by atoms with Gasteiger partial charge < -0.3 is 21.1 Å². The molecule has 172 valence electrons. The molecule has 4 N–H and O–H groups in total. The molecule has 0 aromatic carbocycles. The number of rotatable bonds is 5. The minimum atomic E-state index is -1.47. The topological polar surface area (TPSA) is 114 Å². The highest BCUT2D eigenvalue weighted by molar-refractivity contribution is 6.00. The number of carbonyl (C=O) groups is 2. The van der Waals surface area contributed by atoms with Crippen LogP contribution in [0.15, 0.2) is 11.1 Å². The van der Waals surface area contributed by atoms with E-state index >= 15 is 0 Å². The molecule has 1 saturated heterocycles. The van der Waals surface area contributed by atoms with Gasteiger partial charge in [-0.05, 0) is 46.6 Å². The number of amides is 2. The van der Waals surface area contributed by atoms with Gasteiger partial charge in [-0.3, -0.25) is 9.59 Å². The second kappa shape index (κ2) is 9.21. The van der Waals surface area contributed by atoms with E-state index in [0.29, 0.717) is 24.1 Å². The number of hydrogen-bond acceptors (Lipinski definition) is 5. The summed E-state index contributed by atoms with van der Waals surface area (Å²) in [5.74, 6) is -1.78. The molecule has 0 aromatic heterocycles. The Balaban J connectivity index is 1.77. The number of nitrogens with one attached hydrogen (secondary N) is 3. The lowest BCUT2D eigenvalue weighted by Gasteiger charge is -2.42. The van der Waals surface area contributed by atoms with Crippen LogP contribution in [0, 0.1) is 23.2 Å².